The number of carbonyl (C=O) groups excluding carboxylic acids is 1. The second-order valence-electron chi connectivity index (χ2n) is 4.59. The van der Waals surface area contributed by atoms with Crippen molar-refractivity contribution in [3.05, 3.63) is 12.4 Å². The van der Waals surface area contributed by atoms with Gasteiger partial charge in [0.2, 0.25) is 5.84 Å². The van der Waals surface area contributed by atoms with Crippen molar-refractivity contribution in [2.45, 2.75) is 44.7 Å². The molecule has 1 aliphatic rings. The van der Waals surface area contributed by atoms with Crippen molar-refractivity contribution in [1.82, 2.24) is 0 Å². The summed E-state index contributed by atoms with van der Waals surface area (Å²) in [6.07, 6.45) is -0.0843. The van der Waals surface area contributed by atoms with Crippen molar-refractivity contribution in [3.8, 4) is 0 Å². The van der Waals surface area contributed by atoms with Crippen molar-refractivity contribution in [2.75, 3.05) is 6.54 Å². The molecule has 0 radical (unpaired) electrons. The van der Waals surface area contributed by atoms with Crippen LogP contribution in [0.25, 0.3) is 0 Å². The molecule has 11 heteroatoms. The number of nitrogens with zero attached hydrogens (tertiary/aromatic N) is 1. The molecule has 0 aromatic carbocycles. The highest BCUT2D eigenvalue weighted by Gasteiger charge is 2.73. The third-order valence-electron chi connectivity index (χ3n) is 2.82. The molecule has 0 amide bonds. The van der Waals surface area contributed by atoms with Crippen LogP contribution in [0.2, 0.25) is 0 Å². The molecule has 134 valence electrons. The number of carbonyl (C=O) groups is 1. The van der Waals surface area contributed by atoms with E-state index in [0.717, 1.165) is 0 Å². The maximum Gasteiger partial charge on any atom is 0.460 e. The van der Waals surface area contributed by atoms with E-state index in [1.807, 2.05) is 6.20 Å². The fourth-order valence-electron chi connectivity index (χ4n) is 1.38. The third-order valence-corrected chi connectivity index (χ3v) is 2.82. The summed E-state index contributed by atoms with van der Waals surface area (Å²) in [6, 6.07) is 0. The van der Waals surface area contributed by atoms with E-state index in [4.69, 9.17) is 0 Å². The molecule has 4 nitrogen and oxygen atoms in total. The highest BCUT2D eigenvalue weighted by molar-refractivity contribution is 5.74. The summed E-state index contributed by atoms with van der Waals surface area (Å²) in [7, 11) is 0. The first-order valence-corrected chi connectivity index (χ1v) is 6.40. The van der Waals surface area contributed by atoms with Gasteiger partial charge in [0, 0.05) is 6.92 Å². The van der Waals surface area contributed by atoms with Crippen LogP contribution in [0.1, 0.15) is 26.7 Å². The highest BCUT2D eigenvalue weighted by Crippen LogP contribution is 2.46. The Bertz CT molecular complexity index is 473. The monoisotopic (exact) mass is 352 g/mol. The van der Waals surface area contributed by atoms with Gasteiger partial charge < -0.3 is 9.90 Å². The number of aliphatic imine (C=N–C) groups is 1. The van der Waals surface area contributed by atoms with Gasteiger partial charge in [-0.2, -0.15) is 30.7 Å². The molecular formula is C12H15F7N2O2. The molecular weight excluding hydrogens is 337 g/mol. The fourth-order valence-corrected chi connectivity index (χ4v) is 1.38. The molecule has 1 unspecified atom stereocenters. The summed E-state index contributed by atoms with van der Waals surface area (Å²) in [6.45, 7) is 5.49. The van der Waals surface area contributed by atoms with E-state index in [1.54, 1.807) is 0 Å². The predicted octanol–water partition coefficient (Wildman–Crippen LogP) is 1.14. The van der Waals surface area contributed by atoms with Crippen molar-refractivity contribution < 1.29 is 45.5 Å². The summed E-state index contributed by atoms with van der Waals surface area (Å²) in [5.41, 5.74) is 0. The Labute approximate surface area is 127 Å². The van der Waals surface area contributed by atoms with Crippen molar-refractivity contribution in [2.24, 2.45) is 4.99 Å². The molecule has 1 aliphatic heterocycles. The average molecular weight is 352 g/mol. The molecule has 23 heavy (non-hydrogen) atoms. The average Bonchev–Trinajstić information content (AvgIpc) is 2.81. The third kappa shape index (κ3) is 5.19. The minimum atomic E-state index is -6.64. The zero-order valence-electron chi connectivity index (χ0n) is 12.2. The van der Waals surface area contributed by atoms with Crippen LogP contribution in [0, 0.1) is 0 Å². The molecule has 1 heterocycles. The van der Waals surface area contributed by atoms with E-state index in [1.165, 1.54) is 30.1 Å². The van der Waals surface area contributed by atoms with Crippen LogP contribution in [0.4, 0.5) is 30.7 Å². The summed E-state index contributed by atoms with van der Waals surface area (Å²) < 4.78 is 80.2. The van der Waals surface area contributed by atoms with Crippen LogP contribution in [0.15, 0.2) is 17.4 Å². The Morgan fingerprint density at radius 2 is 1.74 bits per heavy atom. The summed E-state index contributed by atoms with van der Waals surface area (Å²) >= 11 is 0. The van der Waals surface area contributed by atoms with E-state index in [9.17, 15) is 40.6 Å². The number of quaternary nitrogens is 1. The number of carboxylic acid groups (broad SMARTS) is 1. The Morgan fingerprint density at radius 1 is 1.22 bits per heavy atom. The number of alkyl halides is 7. The van der Waals surface area contributed by atoms with E-state index < -0.39 is 24.0 Å². The first kappa shape index (κ1) is 21.3. The molecule has 0 aromatic rings. The first-order chi connectivity index (χ1) is 10.3. The minimum absolute atomic E-state index is 1.20. The maximum absolute atomic E-state index is 11.7. The number of amidine groups is 1. The molecule has 0 saturated heterocycles. The molecule has 1 rings (SSSR count). The van der Waals surface area contributed by atoms with Crippen LogP contribution in [0.3, 0.4) is 0 Å². The standard InChI is InChI=1S/C8H14N2.C4HF7O2/c1-3-4-6-10-7-5-9-8(10)2;5-2(6,1(12)13)3(7,8)4(9,10)11/h5,7H,3-4,6H2,1-2H3;(H,12,13). The van der Waals surface area contributed by atoms with Crippen molar-refractivity contribution in [3.63, 3.8) is 0 Å². The second-order valence-corrected chi connectivity index (χ2v) is 4.59. The molecule has 0 aliphatic carbocycles. The number of rotatable bonds is 5. The SMILES string of the molecule is CCCC[NH+]1C=CN=C1C.O=C([O-])C(F)(F)C(F)(F)C(F)(F)F. The zero-order chi connectivity index (χ0) is 18.5. The largest absolute Gasteiger partial charge is 0.544 e. The zero-order valence-corrected chi connectivity index (χ0v) is 12.2. The van der Waals surface area contributed by atoms with Crippen LogP contribution >= 0.6 is 0 Å². The van der Waals surface area contributed by atoms with E-state index in [-0.39, 0.29) is 0 Å². The number of halogens is 7. The Kier molecular flexibility index (Phi) is 7.20. The van der Waals surface area contributed by atoms with Crippen LogP contribution in [0.5, 0.6) is 0 Å². The lowest BCUT2D eigenvalue weighted by Gasteiger charge is -2.28. The minimum Gasteiger partial charge on any atom is -0.544 e. The molecule has 0 aromatic heterocycles. The van der Waals surface area contributed by atoms with Gasteiger partial charge in [-0.3, -0.25) is 4.90 Å². The molecule has 0 bridgehead atoms. The van der Waals surface area contributed by atoms with Gasteiger partial charge in [0.1, 0.15) is 12.2 Å². The number of unbranched alkanes of at least 4 members (excludes halogenated alkanes) is 1. The lowest BCUT2D eigenvalue weighted by Crippen LogP contribution is -3.08. The molecule has 0 spiro atoms. The van der Waals surface area contributed by atoms with Crippen molar-refractivity contribution in [1.29, 1.82) is 0 Å². The number of hydrogen-bond acceptors (Lipinski definition) is 3. The van der Waals surface area contributed by atoms with Gasteiger partial charge in [-0.15, -0.1) is 0 Å². The smallest absolute Gasteiger partial charge is 0.460 e. The first-order valence-electron chi connectivity index (χ1n) is 6.40. The Morgan fingerprint density at radius 3 is 2.00 bits per heavy atom. The van der Waals surface area contributed by atoms with E-state index in [2.05, 4.69) is 25.0 Å². The fraction of sp³-hybridized carbons (Fsp3) is 0.667. The topological polar surface area (TPSA) is 56.9 Å². The summed E-state index contributed by atoms with van der Waals surface area (Å²) in [4.78, 5) is 14.9. The van der Waals surface area contributed by atoms with Gasteiger partial charge in [-0.25, -0.2) is 4.99 Å². The second kappa shape index (κ2) is 7.75. The lowest BCUT2D eigenvalue weighted by molar-refractivity contribution is -0.745. The lowest BCUT2D eigenvalue weighted by atomic mass is 10.1. The highest BCUT2D eigenvalue weighted by atomic mass is 19.4. The van der Waals surface area contributed by atoms with Crippen LogP contribution in [-0.4, -0.2) is 36.4 Å². The van der Waals surface area contributed by atoms with E-state index in [0.29, 0.717) is 0 Å². The van der Waals surface area contributed by atoms with Crippen molar-refractivity contribution >= 4 is 11.8 Å². The number of carboxylic acids is 1. The van der Waals surface area contributed by atoms with Gasteiger partial charge in [0.25, 0.3) is 0 Å². The van der Waals surface area contributed by atoms with Gasteiger partial charge in [0.15, 0.2) is 0 Å². The number of nitrogens with one attached hydrogen (secondary N) is 1. The quantitative estimate of drug-likeness (QED) is 0.755. The summed E-state index contributed by atoms with van der Waals surface area (Å²) in [5.74, 6) is -15.5. The van der Waals surface area contributed by atoms with Gasteiger partial charge in [-0.1, -0.05) is 13.3 Å². The Hall–Kier alpha value is -1.65. The van der Waals surface area contributed by atoms with Gasteiger partial charge in [-0.05, 0) is 6.42 Å². The van der Waals surface area contributed by atoms with Gasteiger partial charge >= 0.3 is 18.0 Å². The Balaban J connectivity index is 0.000000433. The molecule has 0 saturated carbocycles. The molecule has 1 N–H and O–H groups in total. The maximum atomic E-state index is 11.7. The summed E-state index contributed by atoms with van der Waals surface area (Å²) in [5, 5.41) is 9.27. The van der Waals surface area contributed by atoms with Crippen LogP contribution in [-0.2, 0) is 4.79 Å². The number of hydrogen-bond donors (Lipinski definition) is 1. The molecule has 0 fully saturated rings. The number of aliphatic carboxylic acids is 1. The molecule has 1 atom stereocenters. The predicted molar refractivity (Wildman–Crippen MR) is 63.9 cm³/mol. The van der Waals surface area contributed by atoms with Gasteiger partial charge in [0.05, 0.1) is 12.7 Å². The van der Waals surface area contributed by atoms with E-state index >= 15 is 0 Å². The van der Waals surface area contributed by atoms with Crippen LogP contribution < -0.4 is 10.0 Å². The normalized spacial score (nSPS) is 18.3.